The molecule has 0 bridgehead atoms. The van der Waals surface area contributed by atoms with Crippen molar-refractivity contribution < 1.29 is 37.3 Å². The summed E-state index contributed by atoms with van der Waals surface area (Å²) in [5, 5.41) is 11.8. The summed E-state index contributed by atoms with van der Waals surface area (Å²) in [5.74, 6) is -2.52. The molecule has 1 saturated heterocycles. The molecule has 1 aromatic rings. The van der Waals surface area contributed by atoms with Crippen LogP contribution in [-0.4, -0.2) is 43.3 Å². The Hall–Kier alpha value is -2.29. The van der Waals surface area contributed by atoms with Gasteiger partial charge in [-0.25, -0.2) is 0 Å². The molecule has 1 heterocycles. The Balaban J connectivity index is 1.83. The van der Waals surface area contributed by atoms with Crippen molar-refractivity contribution in [2.24, 2.45) is 11.8 Å². The van der Waals surface area contributed by atoms with Gasteiger partial charge >= 0.3 is 12.1 Å². The highest BCUT2D eigenvalue weighted by Crippen LogP contribution is 2.31. The lowest BCUT2D eigenvalue weighted by Crippen LogP contribution is -2.40. The van der Waals surface area contributed by atoms with Crippen molar-refractivity contribution in [1.29, 1.82) is 0 Å². The predicted molar refractivity (Wildman–Crippen MR) is 84.6 cm³/mol. The highest BCUT2D eigenvalue weighted by molar-refractivity contribution is 5.78. The maximum atomic E-state index is 12.6. The van der Waals surface area contributed by atoms with Crippen LogP contribution in [0.2, 0.25) is 0 Å². The van der Waals surface area contributed by atoms with Crippen LogP contribution in [-0.2, 0) is 20.5 Å². The van der Waals surface area contributed by atoms with Gasteiger partial charge in [0.15, 0.2) is 6.61 Å². The minimum absolute atomic E-state index is 0.0647. The van der Waals surface area contributed by atoms with Crippen molar-refractivity contribution in [3.05, 3.63) is 29.8 Å². The number of ether oxygens (including phenoxy) is 2. The van der Waals surface area contributed by atoms with Crippen molar-refractivity contribution in [2.45, 2.75) is 19.0 Å². The number of carboxylic acid groups (broad SMARTS) is 1. The van der Waals surface area contributed by atoms with Crippen LogP contribution in [0.15, 0.2) is 24.3 Å². The van der Waals surface area contributed by atoms with Gasteiger partial charge in [-0.1, -0.05) is 6.07 Å². The maximum Gasteiger partial charge on any atom is 0.416 e. The van der Waals surface area contributed by atoms with E-state index in [0.29, 0.717) is 26.1 Å². The SMILES string of the molecule is O=C(COc1cccc(C(F)(F)F)c1)NCC(C(=O)O)C1CCOCC1. The Bertz CT molecular complexity index is 629. The lowest BCUT2D eigenvalue weighted by Gasteiger charge is -2.27. The molecule has 0 radical (unpaired) electrons. The molecule has 1 aliphatic rings. The van der Waals surface area contributed by atoms with E-state index in [2.05, 4.69) is 5.32 Å². The van der Waals surface area contributed by atoms with Crippen LogP contribution in [0.25, 0.3) is 0 Å². The van der Waals surface area contributed by atoms with Crippen LogP contribution in [0.1, 0.15) is 18.4 Å². The van der Waals surface area contributed by atoms with Crippen LogP contribution >= 0.6 is 0 Å². The summed E-state index contributed by atoms with van der Waals surface area (Å²) < 4.78 is 48.1. The molecule has 1 amide bonds. The van der Waals surface area contributed by atoms with E-state index in [-0.39, 0.29) is 18.2 Å². The Labute approximate surface area is 148 Å². The number of carboxylic acids is 1. The van der Waals surface area contributed by atoms with Crippen LogP contribution in [0.3, 0.4) is 0 Å². The first-order valence-corrected chi connectivity index (χ1v) is 8.14. The fourth-order valence-electron chi connectivity index (χ4n) is 2.76. The molecule has 144 valence electrons. The monoisotopic (exact) mass is 375 g/mol. The van der Waals surface area contributed by atoms with Gasteiger partial charge < -0.3 is 19.9 Å². The number of nitrogens with one attached hydrogen (secondary N) is 1. The summed E-state index contributed by atoms with van der Waals surface area (Å²) in [6.07, 6.45) is -3.29. The molecule has 0 aliphatic carbocycles. The molecule has 0 spiro atoms. The van der Waals surface area contributed by atoms with Gasteiger partial charge in [0.25, 0.3) is 5.91 Å². The number of hydrogen-bond acceptors (Lipinski definition) is 4. The number of hydrogen-bond donors (Lipinski definition) is 2. The fourth-order valence-corrected chi connectivity index (χ4v) is 2.76. The molecular weight excluding hydrogens is 355 g/mol. The number of carbonyl (C=O) groups excluding carboxylic acids is 1. The molecule has 1 aromatic carbocycles. The molecule has 9 heteroatoms. The summed E-state index contributed by atoms with van der Waals surface area (Å²) in [6, 6.07) is 4.19. The predicted octanol–water partition coefficient (Wildman–Crippen LogP) is 2.33. The first kappa shape index (κ1) is 20.0. The maximum absolute atomic E-state index is 12.6. The summed E-state index contributed by atoms with van der Waals surface area (Å²) >= 11 is 0. The van der Waals surface area contributed by atoms with Crippen LogP contribution in [0.5, 0.6) is 5.75 Å². The van der Waals surface area contributed by atoms with Gasteiger partial charge in [0.2, 0.25) is 0 Å². The average molecular weight is 375 g/mol. The highest BCUT2D eigenvalue weighted by atomic mass is 19.4. The van der Waals surface area contributed by atoms with E-state index in [1.54, 1.807) is 0 Å². The van der Waals surface area contributed by atoms with E-state index in [0.717, 1.165) is 12.1 Å². The summed E-state index contributed by atoms with van der Waals surface area (Å²) in [7, 11) is 0. The molecule has 1 aliphatic heterocycles. The molecule has 1 atom stereocenters. The molecule has 2 rings (SSSR count). The van der Waals surface area contributed by atoms with E-state index in [9.17, 15) is 27.9 Å². The smallest absolute Gasteiger partial charge is 0.416 e. The van der Waals surface area contributed by atoms with Crippen molar-refractivity contribution in [3.8, 4) is 5.75 Å². The second-order valence-electron chi connectivity index (χ2n) is 6.01. The van der Waals surface area contributed by atoms with Gasteiger partial charge in [0.05, 0.1) is 11.5 Å². The zero-order chi connectivity index (χ0) is 19.2. The minimum Gasteiger partial charge on any atom is -0.484 e. The number of rotatable bonds is 7. The molecule has 1 unspecified atom stereocenters. The Morgan fingerprint density at radius 3 is 2.62 bits per heavy atom. The van der Waals surface area contributed by atoms with Gasteiger partial charge in [0.1, 0.15) is 5.75 Å². The van der Waals surface area contributed by atoms with E-state index >= 15 is 0 Å². The normalized spacial score (nSPS) is 16.7. The van der Waals surface area contributed by atoms with Gasteiger partial charge in [-0.05, 0) is 37.0 Å². The molecular formula is C17H20F3NO5. The first-order valence-electron chi connectivity index (χ1n) is 8.14. The molecule has 2 N–H and O–H groups in total. The zero-order valence-corrected chi connectivity index (χ0v) is 13.9. The Kier molecular flexibility index (Phi) is 6.84. The molecule has 1 fully saturated rings. The van der Waals surface area contributed by atoms with Crippen LogP contribution in [0, 0.1) is 11.8 Å². The quantitative estimate of drug-likeness (QED) is 0.764. The lowest BCUT2D eigenvalue weighted by molar-refractivity contribution is -0.145. The fraction of sp³-hybridized carbons (Fsp3) is 0.529. The van der Waals surface area contributed by atoms with Crippen molar-refractivity contribution >= 4 is 11.9 Å². The Morgan fingerprint density at radius 1 is 1.31 bits per heavy atom. The van der Waals surface area contributed by atoms with E-state index < -0.39 is 36.1 Å². The first-order chi connectivity index (χ1) is 12.3. The van der Waals surface area contributed by atoms with Crippen LogP contribution < -0.4 is 10.1 Å². The topological polar surface area (TPSA) is 84.9 Å². The second kappa shape index (κ2) is 8.88. The summed E-state index contributed by atoms with van der Waals surface area (Å²) in [5.41, 5.74) is -0.874. The Morgan fingerprint density at radius 2 is 2.00 bits per heavy atom. The minimum atomic E-state index is -4.50. The zero-order valence-electron chi connectivity index (χ0n) is 13.9. The number of amides is 1. The lowest BCUT2D eigenvalue weighted by atomic mass is 9.86. The van der Waals surface area contributed by atoms with E-state index in [4.69, 9.17) is 9.47 Å². The second-order valence-corrected chi connectivity index (χ2v) is 6.01. The third kappa shape index (κ3) is 5.91. The average Bonchev–Trinajstić information content (AvgIpc) is 2.60. The van der Waals surface area contributed by atoms with Gasteiger partial charge in [-0.3, -0.25) is 9.59 Å². The van der Waals surface area contributed by atoms with Crippen molar-refractivity contribution in [2.75, 3.05) is 26.4 Å². The highest BCUT2D eigenvalue weighted by Gasteiger charge is 2.31. The third-order valence-corrected chi connectivity index (χ3v) is 4.20. The number of carbonyl (C=O) groups is 2. The van der Waals surface area contributed by atoms with Gasteiger partial charge in [-0.15, -0.1) is 0 Å². The number of aliphatic carboxylic acids is 1. The van der Waals surface area contributed by atoms with Gasteiger partial charge in [-0.2, -0.15) is 13.2 Å². The van der Waals surface area contributed by atoms with Crippen LogP contribution in [0.4, 0.5) is 13.2 Å². The standard InChI is InChI=1S/C17H20F3NO5/c18-17(19,20)12-2-1-3-13(8-12)26-10-15(22)21-9-14(16(23)24)11-4-6-25-7-5-11/h1-3,8,11,14H,4-7,9-10H2,(H,21,22)(H,23,24). The van der Waals surface area contributed by atoms with Crippen molar-refractivity contribution in [1.82, 2.24) is 5.32 Å². The molecule has 0 saturated carbocycles. The van der Waals surface area contributed by atoms with E-state index in [1.807, 2.05) is 0 Å². The summed E-state index contributed by atoms with van der Waals surface area (Å²) in [6.45, 7) is 0.411. The molecule has 6 nitrogen and oxygen atoms in total. The molecule has 26 heavy (non-hydrogen) atoms. The number of alkyl halides is 3. The molecule has 0 aromatic heterocycles. The van der Waals surface area contributed by atoms with E-state index in [1.165, 1.54) is 12.1 Å². The number of benzene rings is 1. The summed E-state index contributed by atoms with van der Waals surface area (Å²) in [4.78, 5) is 23.2. The third-order valence-electron chi connectivity index (χ3n) is 4.20. The van der Waals surface area contributed by atoms with Crippen molar-refractivity contribution in [3.63, 3.8) is 0 Å². The largest absolute Gasteiger partial charge is 0.484 e. The van der Waals surface area contributed by atoms with Gasteiger partial charge in [0, 0.05) is 19.8 Å². The number of halogens is 3.